The molecule has 0 atom stereocenters. The molecule has 0 saturated heterocycles. The zero-order valence-electron chi connectivity index (χ0n) is 14.4. The Bertz CT molecular complexity index is 677. The third kappa shape index (κ3) is 4.38. The van der Waals surface area contributed by atoms with Crippen LogP contribution in [0.1, 0.15) is 42.5 Å². The number of amides is 1. The number of hydrogen-bond donors (Lipinski definition) is 0. The Hall–Kier alpha value is -1.82. The summed E-state index contributed by atoms with van der Waals surface area (Å²) in [5, 5.41) is 0. The topological polar surface area (TPSA) is 57.7 Å². The van der Waals surface area contributed by atoms with Gasteiger partial charge in [0.2, 0.25) is 10.0 Å². The number of sulfonamides is 1. The second-order valence-electron chi connectivity index (χ2n) is 6.34. The summed E-state index contributed by atoms with van der Waals surface area (Å²) < 4.78 is 25.0. The lowest BCUT2D eigenvalue weighted by atomic mass is 9.94. The van der Waals surface area contributed by atoms with Gasteiger partial charge in [0.1, 0.15) is 0 Å². The zero-order valence-corrected chi connectivity index (χ0v) is 15.3. The van der Waals surface area contributed by atoms with Crippen LogP contribution in [0, 0.1) is 0 Å². The lowest BCUT2D eigenvalue weighted by Crippen LogP contribution is -2.38. The van der Waals surface area contributed by atoms with Crippen LogP contribution in [-0.4, -0.2) is 45.1 Å². The molecular formula is C18H26N2O3S. The van der Waals surface area contributed by atoms with Crippen LogP contribution in [0.15, 0.2) is 36.9 Å². The van der Waals surface area contributed by atoms with Gasteiger partial charge in [0.25, 0.3) is 5.91 Å². The highest BCUT2D eigenvalue weighted by Gasteiger charge is 2.23. The maximum absolute atomic E-state index is 12.6. The number of carbonyl (C=O) groups excluding carboxylic acids is 1. The molecule has 1 aromatic carbocycles. The lowest BCUT2D eigenvalue weighted by molar-refractivity contribution is 0.0696. The number of carbonyl (C=O) groups is 1. The van der Waals surface area contributed by atoms with Gasteiger partial charge in [0.05, 0.1) is 18.5 Å². The van der Waals surface area contributed by atoms with Gasteiger partial charge in [-0.2, -0.15) is 0 Å². The smallest absolute Gasteiger partial charge is 0.253 e. The molecule has 0 spiro atoms. The Kier molecular flexibility index (Phi) is 6.04. The highest BCUT2D eigenvalue weighted by molar-refractivity contribution is 7.92. The summed E-state index contributed by atoms with van der Waals surface area (Å²) in [6.07, 6.45) is 8.41. The molecule has 1 aliphatic rings. The fraction of sp³-hybridized carbons (Fsp3) is 0.500. The van der Waals surface area contributed by atoms with Crippen LogP contribution >= 0.6 is 0 Å². The van der Waals surface area contributed by atoms with Gasteiger partial charge in [-0.15, -0.1) is 6.58 Å². The van der Waals surface area contributed by atoms with E-state index in [0.717, 1.165) is 19.1 Å². The van der Waals surface area contributed by atoms with Crippen LogP contribution in [0.3, 0.4) is 0 Å². The minimum Gasteiger partial charge on any atom is -0.339 e. The fourth-order valence-corrected chi connectivity index (χ4v) is 4.04. The molecule has 0 aromatic heterocycles. The fourth-order valence-electron chi connectivity index (χ4n) is 3.16. The first-order valence-corrected chi connectivity index (χ1v) is 10.1. The first kappa shape index (κ1) is 18.5. The van der Waals surface area contributed by atoms with Gasteiger partial charge >= 0.3 is 0 Å². The van der Waals surface area contributed by atoms with Gasteiger partial charge in [0.15, 0.2) is 0 Å². The van der Waals surface area contributed by atoms with Crippen LogP contribution in [-0.2, 0) is 10.0 Å². The van der Waals surface area contributed by atoms with Crippen molar-refractivity contribution in [2.45, 2.75) is 38.1 Å². The van der Waals surface area contributed by atoms with E-state index in [4.69, 9.17) is 0 Å². The molecule has 5 nitrogen and oxygen atoms in total. The molecule has 6 heteroatoms. The van der Waals surface area contributed by atoms with Gasteiger partial charge in [-0.3, -0.25) is 9.10 Å². The van der Waals surface area contributed by atoms with Crippen molar-refractivity contribution in [3.63, 3.8) is 0 Å². The summed E-state index contributed by atoms with van der Waals surface area (Å²) in [5.74, 6) is -0.0110. The van der Waals surface area contributed by atoms with Crippen LogP contribution < -0.4 is 4.31 Å². The molecule has 0 bridgehead atoms. The van der Waals surface area contributed by atoms with Crippen LogP contribution in [0.25, 0.3) is 0 Å². The standard InChI is InChI=1S/C18H26N2O3S/c1-4-14-20(24(3,22)23)17-12-10-15(11-13-17)18(21)19(2)16-8-6-5-7-9-16/h4,10-13,16H,1,5-9,14H2,2-3H3. The van der Waals surface area contributed by atoms with E-state index in [1.54, 1.807) is 24.3 Å². The summed E-state index contributed by atoms with van der Waals surface area (Å²) in [6, 6.07) is 7.04. The molecule has 0 aliphatic heterocycles. The third-order valence-electron chi connectivity index (χ3n) is 4.54. The predicted molar refractivity (Wildman–Crippen MR) is 97.8 cm³/mol. The predicted octanol–water partition coefficient (Wildman–Crippen LogP) is 3.04. The van der Waals surface area contributed by atoms with E-state index in [1.165, 1.54) is 29.6 Å². The average Bonchev–Trinajstić information content (AvgIpc) is 2.58. The number of benzene rings is 1. The summed E-state index contributed by atoms with van der Waals surface area (Å²) in [6.45, 7) is 3.80. The van der Waals surface area contributed by atoms with Crippen molar-refractivity contribution < 1.29 is 13.2 Å². The lowest BCUT2D eigenvalue weighted by Gasteiger charge is -2.31. The van der Waals surface area contributed by atoms with Crippen molar-refractivity contribution in [2.24, 2.45) is 0 Å². The molecule has 1 saturated carbocycles. The second-order valence-corrected chi connectivity index (χ2v) is 8.24. The Morgan fingerprint density at radius 1 is 1.21 bits per heavy atom. The van der Waals surface area contributed by atoms with Crippen molar-refractivity contribution in [1.82, 2.24) is 4.90 Å². The molecule has 0 heterocycles. The molecule has 2 rings (SSSR count). The van der Waals surface area contributed by atoms with Crippen LogP contribution in [0.5, 0.6) is 0 Å². The first-order chi connectivity index (χ1) is 11.3. The Morgan fingerprint density at radius 2 is 1.79 bits per heavy atom. The van der Waals surface area contributed by atoms with Crippen molar-refractivity contribution in [2.75, 3.05) is 24.2 Å². The van der Waals surface area contributed by atoms with Crippen LogP contribution in [0.2, 0.25) is 0 Å². The minimum absolute atomic E-state index is 0.0110. The quantitative estimate of drug-likeness (QED) is 0.741. The summed E-state index contributed by atoms with van der Waals surface area (Å²) in [4.78, 5) is 14.5. The first-order valence-electron chi connectivity index (χ1n) is 8.30. The molecule has 24 heavy (non-hydrogen) atoms. The van der Waals surface area contributed by atoms with Crippen LogP contribution in [0.4, 0.5) is 5.69 Å². The maximum atomic E-state index is 12.6. The van der Waals surface area contributed by atoms with Crippen molar-refractivity contribution in [1.29, 1.82) is 0 Å². The molecule has 0 radical (unpaired) electrons. The van der Waals surface area contributed by atoms with Gasteiger partial charge in [-0.05, 0) is 37.1 Å². The molecule has 0 N–H and O–H groups in total. The number of rotatable bonds is 6. The molecular weight excluding hydrogens is 324 g/mol. The van der Waals surface area contributed by atoms with E-state index >= 15 is 0 Å². The van der Waals surface area contributed by atoms with Crippen molar-refractivity contribution in [3.8, 4) is 0 Å². The monoisotopic (exact) mass is 350 g/mol. The van der Waals surface area contributed by atoms with E-state index in [0.29, 0.717) is 17.3 Å². The van der Waals surface area contributed by atoms with Gasteiger partial charge in [-0.1, -0.05) is 25.3 Å². The number of nitrogens with zero attached hydrogens (tertiary/aromatic N) is 2. The largest absolute Gasteiger partial charge is 0.339 e. The van der Waals surface area contributed by atoms with Crippen molar-refractivity contribution in [3.05, 3.63) is 42.5 Å². The van der Waals surface area contributed by atoms with Crippen molar-refractivity contribution >= 4 is 21.6 Å². The summed E-state index contributed by atoms with van der Waals surface area (Å²) in [5.41, 5.74) is 1.12. The average molecular weight is 350 g/mol. The van der Waals surface area contributed by atoms with E-state index in [9.17, 15) is 13.2 Å². The Labute approximate surface area is 145 Å². The molecule has 1 amide bonds. The summed E-state index contributed by atoms with van der Waals surface area (Å²) >= 11 is 0. The number of hydrogen-bond acceptors (Lipinski definition) is 3. The normalized spacial score (nSPS) is 15.8. The molecule has 1 aliphatic carbocycles. The Balaban J connectivity index is 2.15. The van der Waals surface area contributed by atoms with E-state index in [-0.39, 0.29) is 12.5 Å². The van der Waals surface area contributed by atoms with E-state index in [2.05, 4.69) is 6.58 Å². The Morgan fingerprint density at radius 3 is 2.29 bits per heavy atom. The van der Waals surface area contributed by atoms with Gasteiger partial charge in [-0.25, -0.2) is 8.42 Å². The minimum atomic E-state index is -3.38. The number of anilines is 1. The highest BCUT2D eigenvalue weighted by Crippen LogP contribution is 2.24. The third-order valence-corrected chi connectivity index (χ3v) is 5.70. The summed E-state index contributed by atoms with van der Waals surface area (Å²) in [7, 11) is -1.53. The second kappa shape index (κ2) is 7.83. The van der Waals surface area contributed by atoms with Gasteiger partial charge in [0, 0.05) is 18.7 Å². The van der Waals surface area contributed by atoms with Gasteiger partial charge < -0.3 is 4.90 Å². The maximum Gasteiger partial charge on any atom is 0.253 e. The molecule has 0 unspecified atom stereocenters. The zero-order chi connectivity index (χ0) is 17.7. The van der Waals surface area contributed by atoms with E-state index < -0.39 is 10.0 Å². The SMILES string of the molecule is C=CCN(c1ccc(C(=O)N(C)C2CCCCC2)cc1)S(C)(=O)=O. The molecule has 132 valence electrons. The van der Waals surface area contributed by atoms with E-state index in [1.807, 2.05) is 11.9 Å². The highest BCUT2D eigenvalue weighted by atomic mass is 32.2. The molecule has 1 aromatic rings. The molecule has 1 fully saturated rings.